The van der Waals surface area contributed by atoms with Crippen molar-refractivity contribution in [2.45, 2.75) is 58.3 Å². The van der Waals surface area contributed by atoms with E-state index in [9.17, 15) is 0 Å². The quantitative estimate of drug-likeness (QED) is 0.298. The molecule has 3 aromatic rings. The number of hydrogen-bond donors (Lipinski definition) is 1. The number of quaternary nitrogens is 1. The molecule has 1 aromatic heterocycles. The summed E-state index contributed by atoms with van der Waals surface area (Å²) >= 11 is 0. The van der Waals surface area contributed by atoms with Crippen LogP contribution in [0.15, 0.2) is 83.9 Å². The average molecular weight is 478 g/mol. The Kier molecular flexibility index (Phi) is 13.6. The second-order valence-corrected chi connectivity index (χ2v) is 9.48. The Hall–Kier alpha value is -2.85. The van der Waals surface area contributed by atoms with Gasteiger partial charge in [-0.1, -0.05) is 73.9 Å². The van der Waals surface area contributed by atoms with Gasteiger partial charge >= 0.3 is 0 Å². The predicted octanol–water partition coefficient (Wildman–Crippen LogP) is 6.49. The van der Waals surface area contributed by atoms with Gasteiger partial charge in [0.1, 0.15) is 11.5 Å². The summed E-state index contributed by atoms with van der Waals surface area (Å²) in [6, 6.07) is 20.7. The number of oxazole rings is 1. The molecular weight excluding hydrogens is 432 g/mol. The minimum atomic E-state index is 0.329. The van der Waals surface area contributed by atoms with E-state index in [2.05, 4.69) is 56.0 Å². The highest BCUT2D eigenvalue weighted by atomic mass is 16.5. The molecule has 4 nitrogen and oxygen atoms in total. The molecule has 0 spiro atoms. The first-order valence-corrected chi connectivity index (χ1v) is 13.1. The molecule has 190 valence electrons. The van der Waals surface area contributed by atoms with Crippen LogP contribution in [0, 0.1) is 12.8 Å². The van der Waals surface area contributed by atoms with Crippen molar-refractivity contribution in [3.8, 4) is 5.75 Å². The molecule has 1 heterocycles. The van der Waals surface area contributed by atoms with Gasteiger partial charge in [-0.2, -0.15) is 0 Å². The summed E-state index contributed by atoms with van der Waals surface area (Å²) in [7, 11) is 4.31. The zero-order valence-electron chi connectivity index (χ0n) is 22.2. The molecule has 0 amide bonds. The van der Waals surface area contributed by atoms with E-state index in [1.54, 1.807) is 6.08 Å². The molecule has 1 atom stereocenters. The van der Waals surface area contributed by atoms with E-state index in [0.29, 0.717) is 11.8 Å². The molecule has 35 heavy (non-hydrogen) atoms. The SMILES string of the molecule is C=CC.C[NH+](C)CCCOc1ccccc1.Cc1cnc(C(c2ccccc2)C2CCCCC2)o1. The van der Waals surface area contributed by atoms with Gasteiger partial charge in [-0.3, -0.25) is 0 Å². The normalized spacial score (nSPS) is 14.2. The molecule has 0 radical (unpaired) electrons. The third-order valence-electron chi connectivity index (χ3n) is 6.02. The molecule has 0 saturated heterocycles. The monoisotopic (exact) mass is 477 g/mol. The number of nitrogens with one attached hydrogen (secondary N) is 1. The van der Waals surface area contributed by atoms with E-state index < -0.39 is 0 Å². The van der Waals surface area contributed by atoms with Gasteiger partial charge in [0, 0.05) is 6.42 Å². The lowest BCUT2D eigenvalue weighted by molar-refractivity contribution is -0.858. The number of aryl methyl sites for hydroxylation is 1. The Balaban J connectivity index is 0.000000236. The number of benzene rings is 2. The molecule has 2 aromatic carbocycles. The van der Waals surface area contributed by atoms with Crippen molar-refractivity contribution < 1.29 is 14.1 Å². The van der Waals surface area contributed by atoms with Crippen molar-refractivity contribution >= 4 is 0 Å². The summed E-state index contributed by atoms with van der Waals surface area (Å²) in [5.41, 5.74) is 1.34. The van der Waals surface area contributed by atoms with E-state index >= 15 is 0 Å². The van der Waals surface area contributed by atoms with E-state index in [1.807, 2.05) is 50.4 Å². The van der Waals surface area contributed by atoms with Gasteiger partial charge in [0.15, 0.2) is 0 Å². The first kappa shape index (κ1) is 28.4. The standard InChI is InChI=1S/C17H21NO.C11H17NO.C3H6/c1-13-12-18-17(19-13)16(14-8-4-2-5-9-14)15-10-6-3-7-11-15;1-12(2)9-6-10-13-11-7-4-3-5-8-11;1-3-2/h2,4-5,8-9,12,15-16H,3,6-7,10-11H2,1H3;3-5,7-8H,6,9-10H2,1-2H3;3H,1H2,2H3/p+1. The molecule has 1 N–H and O–H groups in total. The smallest absolute Gasteiger partial charge is 0.202 e. The van der Waals surface area contributed by atoms with Crippen LogP contribution in [0.5, 0.6) is 5.75 Å². The van der Waals surface area contributed by atoms with Crippen LogP contribution in [-0.2, 0) is 0 Å². The largest absolute Gasteiger partial charge is 0.493 e. The van der Waals surface area contributed by atoms with Crippen LogP contribution < -0.4 is 9.64 Å². The number of nitrogens with zero attached hydrogens (tertiary/aromatic N) is 1. The van der Waals surface area contributed by atoms with Crippen LogP contribution in [0.4, 0.5) is 0 Å². The van der Waals surface area contributed by atoms with Crippen molar-refractivity contribution in [1.82, 2.24) is 4.98 Å². The highest BCUT2D eigenvalue weighted by molar-refractivity contribution is 5.26. The predicted molar refractivity (Wildman–Crippen MR) is 146 cm³/mol. The summed E-state index contributed by atoms with van der Waals surface area (Å²) in [5.74, 6) is 3.78. The van der Waals surface area contributed by atoms with Gasteiger partial charge in [-0.05, 0) is 50.3 Å². The zero-order chi connectivity index (χ0) is 25.3. The summed E-state index contributed by atoms with van der Waals surface area (Å²) in [5, 5.41) is 0. The van der Waals surface area contributed by atoms with Crippen LogP contribution >= 0.6 is 0 Å². The third kappa shape index (κ3) is 11.0. The van der Waals surface area contributed by atoms with Crippen molar-refractivity contribution in [2.75, 3.05) is 27.2 Å². The van der Waals surface area contributed by atoms with Gasteiger partial charge in [0.2, 0.25) is 5.89 Å². The number of allylic oxidation sites excluding steroid dienone is 1. The van der Waals surface area contributed by atoms with Gasteiger partial charge in [0.05, 0.1) is 39.4 Å². The van der Waals surface area contributed by atoms with Crippen LogP contribution in [0.1, 0.15) is 68.6 Å². The molecule has 0 bridgehead atoms. The summed E-state index contributed by atoms with van der Waals surface area (Å²) in [6.07, 6.45) is 11.3. The van der Waals surface area contributed by atoms with Crippen molar-refractivity contribution in [1.29, 1.82) is 0 Å². The highest BCUT2D eigenvalue weighted by Crippen LogP contribution is 2.39. The van der Waals surface area contributed by atoms with Crippen molar-refractivity contribution in [3.05, 3.63) is 96.7 Å². The number of aromatic nitrogens is 1. The molecule has 1 fully saturated rings. The molecule has 4 rings (SSSR count). The number of para-hydroxylation sites is 1. The Labute approximate surface area is 213 Å². The lowest BCUT2D eigenvalue weighted by Crippen LogP contribution is -3.05. The minimum Gasteiger partial charge on any atom is -0.493 e. The molecular formula is C31H45N2O2+. The van der Waals surface area contributed by atoms with Crippen LogP contribution in [0.3, 0.4) is 0 Å². The second-order valence-electron chi connectivity index (χ2n) is 9.48. The fourth-order valence-electron chi connectivity index (χ4n) is 4.39. The topological polar surface area (TPSA) is 39.7 Å². The average Bonchev–Trinajstić information content (AvgIpc) is 3.30. The Bertz CT molecular complexity index is 915. The molecule has 1 aliphatic carbocycles. The fourth-order valence-corrected chi connectivity index (χ4v) is 4.39. The van der Waals surface area contributed by atoms with Crippen LogP contribution in [-0.4, -0.2) is 32.2 Å². The Morgan fingerprint density at radius 2 is 1.63 bits per heavy atom. The van der Waals surface area contributed by atoms with Gasteiger partial charge in [0.25, 0.3) is 0 Å². The van der Waals surface area contributed by atoms with Gasteiger partial charge in [-0.15, -0.1) is 6.58 Å². The van der Waals surface area contributed by atoms with E-state index in [1.165, 1.54) is 42.6 Å². The minimum absolute atomic E-state index is 0.329. The molecule has 1 saturated carbocycles. The zero-order valence-corrected chi connectivity index (χ0v) is 22.2. The maximum Gasteiger partial charge on any atom is 0.202 e. The molecule has 4 heteroatoms. The van der Waals surface area contributed by atoms with Crippen molar-refractivity contribution in [2.24, 2.45) is 5.92 Å². The third-order valence-corrected chi connectivity index (χ3v) is 6.02. The molecule has 1 unspecified atom stereocenters. The van der Waals surface area contributed by atoms with E-state index in [0.717, 1.165) is 37.0 Å². The second kappa shape index (κ2) is 16.7. The maximum atomic E-state index is 5.84. The number of hydrogen-bond acceptors (Lipinski definition) is 3. The summed E-state index contributed by atoms with van der Waals surface area (Å²) in [6.45, 7) is 9.20. The summed E-state index contributed by atoms with van der Waals surface area (Å²) < 4.78 is 11.4. The number of rotatable bonds is 8. The Morgan fingerprint density at radius 3 is 2.17 bits per heavy atom. The summed E-state index contributed by atoms with van der Waals surface area (Å²) in [4.78, 5) is 5.97. The first-order valence-electron chi connectivity index (χ1n) is 13.1. The van der Waals surface area contributed by atoms with E-state index in [4.69, 9.17) is 9.15 Å². The van der Waals surface area contributed by atoms with E-state index in [-0.39, 0.29) is 0 Å². The van der Waals surface area contributed by atoms with Gasteiger partial charge < -0.3 is 14.1 Å². The lowest BCUT2D eigenvalue weighted by atomic mass is 9.77. The molecule has 0 aliphatic heterocycles. The fraction of sp³-hybridized carbons (Fsp3) is 0.452. The van der Waals surface area contributed by atoms with Gasteiger partial charge in [-0.25, -0.2) is 4.98 Å². The first-order chi connectivity index (χ1) is 17.0. The molecule has 1 aliphatic rings. The maximum absolute atomic E-state index is 5.84. The lowest BCUT2D eigenvalue weighted by Gasteiger charge is -2.28. The number of ether oxygens (including phenoxy) is 1. The Morgan fingerprint density at radius 1 is 1.03 bits per heavy atom. The van der Waals surface area contributed by atoms with Crippen molar-refractivity contribution in [3.63, 3.8) is 0 Å². The highest BCUT2D eigenvalue weighted by Gasteiger charge is 2.29. The van der Waals surface area contributed by atoms with Crippen LogP contribution in [0.2, 0.25) is 0 Å². The van der Waals surface area contributed by atoms with Crippen LogP contribution in [0.25, 0.3) is 0 Å².